The van der Waals surface area contributed by atoms with E-state index in [0.29, 0.717) is 16.7 Å². The number of fused-ring (bicyclic) bond motifs is 5. The molecule has 1 amide bonds. The molecule has 4 aliphatic rings. The predicted molar refractivity (Wildman–Crippen MR) is 230 cm³/mol. The van der Waals surface area contributed by atoms with Gasteiger partial charge in [0, 0.05) is 41.1 Å². The maximum Gasteiger partial charge on any atom is 0.350 e. The van der Waals surface area contributed by atoms with Crippen LogP contribution in [0.4, 0.5) is 0 Å². The Balaban J connectivity index is 1.36. The molecule has 4 N–H and O–H groups in total. The Kier molecular flexibility index (Phi) is 12.3. The van der Waals surface area contributed by atoms with Gasteiger partial charge in [0.25, 0.3) is 5.91 Å². The van der Waals surface area contributed by atoms with Crippen LogP contribution in [0.3, 0.4) is 0 Å². The molecule has 14 nitrogen and oxygen atoms in total. The van der Waals surface area contributed by atoms with E-state index in [2.05, 4.69) is 5.32 Å². The van der Waals surface area contributed by atoms with Crippen molar-refractivity contribution in [1.29, 1.82) is 0 Å². The first-order chi connectivity index (χ1) is 30.1. The zero-order valence-corrected chi connectivity index (χ0v) is 37.2. The Morgan fingerprint density at radius 1 is 0.828 bits per heavy atom. The molecule has 0 unspecified atom stereocenters. The number of nitrogens with one attached hydrogen (secondary N) is 1. The summed E-state index contributed by atoms with van der Waals surface area (Å²) in [4.78, 5) is 83.2. The summed E-state index contributed by atoms with van der Waals surface area (Å²) in [5, 5.41) is 38.1. The minimum absolute atomic E-state index is 0.115. The summed E-state index contributed by atoms with van der Waals surface area (Å²) in [6.07, 6.45) is -7.45. The Bertz CT molecular complexity index is 2350. The normalized spacial score (nSPS) is 32.5. The number of carbonyl (C=O) groups is 6. The topological polar surface area (TPSA) is 212 Å². The van der Waals surface area contributed by atoms with Crippen LogP contribution in [-0.4, -0.2) is 93.1 Å². The number of benzene rings is 3. The fourth-order valence-electron chi connectivity index (χ4n) is 11.2. The number of carbonyl (C=O) groups excluding carboxylic acids is 5. The number of rotatable bonds is 12. The molecule has 7 rings (SSSR count). The lowest BCUT2D eigenvalue weighted by Crippen LogP contribution is -2.80. The number of esters is 3. The Morgan fingerprint density at radius 3 is 1.97 bits per heavy atom. The molecule has 64 heavy (non-hydrogen) atoms. The van der Waals surface area contributed by atoms with Crippen LogP contribution in [0.15, 0.2) is 102 Å². The second-order valence-electron chi connectivity index (χ2n) is 19.0. The number of amides is 1. The van der Waals surface area contributed by atoms with E-state index in [1.165, 1.54) is 0 Å². The quantitative estimate of drug-likeness (QED) is 0.0943. The lowest BCUT2D eigenvalue weighted by Gasteiger charge is -2.71. The van der Waals surface area contributed by atoms with Gasteiger partial charge in [-0.1, -0.05) is 94.4 Å². The summed E-state index contributed by atoms with van der Waals surface area (Å²) in [5.74, 6) is -7.20. The summed E-state index contributed by atoms with van der Waals surface area (Å²) in [7, 11) is 0. The average Bonchev–Trinajstić information content (AvgIpc) is 3.27. The van der Waals surface area contributed by atoms with Crippen molar-refractivity contribution in [2.24, 2.45) is 28.1 Å². The number of carboxylic acids is 1. The van der Waals surface area contributed by atoms with Crippen LogP contribution in [0, 0.1) is 28.1 Å². The summed E-state index contributed by atoms with van der Waals surface area (Å²) < 4.78 is 24.8. The van der Waals surface area contributed by atoms with Crippen LogP contribution in [0.1, 0.15) is 106 Å². The van der Waals surface area contributed by atoms with Gasteiger partial charge in [0.2, 0.25) is 6.10 Å². The van der Waals surface area contributed by atoms with Gasteiger partial charge >= 0.3 is 23.9 Å². The highest BCUT2D eigenvalue weighted by Crippen LogP contribution is 2.69. The molecule has 14 heteroatoms. The molecule has 1 heterocycles. The second-order valence-corrected chi connectivity index (χ2v) is 19.0. The Hall–Kier alpha value is -5.70. The third-order valence-corrected chi connectivity index (χ3v) is 15.1. The highest BCUT2D eigenvalue weighted by atomic mass is 16.6. The van der Waals surface area contributed by atoms with Crippen LogP contribution >= 0.6 is 0 Å². The van der Waals surface area contributed by atoms with Crippen LogP contribution in [0.2, 0.25) is 0 Å². The van der Waals surface area contributed by atoms with Crippen molar-refractivity contribution in [3.05, 3.63) is 119 Å². The number of hydrogen-bond donors (Lipinski definition) is 4. The summed E-state index contributed by atoms with van der Waals surface area (Å²) in [5.41, 5.74) is -5.30. The number of ether oxygens (including phenoxy) is 4. The van der Waals surface area contributed by atoms with Gasteiger partial charge in [0.1, 0.15) is 29.6 Å². The van der Waals surface area contributed by atoms with E-state index in [-0.39, 0.29) is 36.4 Å². The van der Waals surface area contributed by atoms with Gasteiger partial charge in [0.15, 0.2) is 0 Å². The molecule has 2 saturated carbocycles. The largest absolute Gasteiger partial charge is 0.481 e. The zero-order chi connectivity index (χ0) is 46.6. The number of ketones is 1. The average molecular weight is 880 g/mol. The third-order valence-electron chi connectivity index (χ3n) is 15.1. The van der Waals surface area contributed by atoms with Gasteiger partial charge in [-0.25, -0.2) is 9.59 Å². The first kappa shape index (κ1) is 46.3. The lowest BCUT2D eigenvalue weighted by atomic mass is 9.39. The highest BCUT2D eigenvalue weighted by molar-refractivity contribution is 5.95. The van der Waals surface area contributed by atoms with E-state index in [1.807, 2.05) is 13.8 Å². The maximum absolute atomic E-state index is 15.4. The Morgan fingerprint density at radius 2 is 1.41 bits per heavy atom. The standard InChI is InChI=1S/C50H57NO13/c1-28-33(62-45(59)39(63-36(55)24-23-35(53)54)38(30-17-11-8-12-18-30)51-43(57)31-19-13-9-14-20-31)25-50(60)42(64-44(58)32-21-15-10-16-22-32)40-47(5)27-61-48(47,6)26-34(52)49(40,7)41(56)29(2)37(28)46(50,3)4/h8-22,29,33-34,38-40,42,52,60H,23-27H2,1-7H3,(H,51,57)(H,53,54)/t29-,33+,34+,38-,39-,40-,42+,47+,48+,49-,50-/m1/s1. The van der Waals surface area contributed by atoms with Gasteiger partial charge < -0.3 is 39.6 Å². The van der Waals surface area contributed by atoms with E-state index >= 15 is 4.79 Å². The molecule has 3 fully saturated rings. The first-order valence-electron chi connectivity index (χ1n) is 21.7. The number of aliphatic hydroxyl groups is 2. The molecule has 0 aromatic heterocycles. The van der Waals surface area contributed by atoms with Gasteiger partial charge in [-0.3, -0.25) is 19.2 Å². The minimum atomic E-state index is -2.11. The molecule has 11 atom stereocenters. The van der Waals surface area contributed by atoms with Crippen molar-refractivity contribution < 1.29 is 63.0 Å². The highest BCUT2D eigenvalue weighted by Gasteiger charge is 2.77. The van der Waals surface area contributed by atoms with E-state index in [0.717, 1.165) is 0 Å². The molecule has 340 valence electrons. The van der Waals surface area contributed by atoms with Crippen LogP contribution in [0.5, 0.6) is 0 Å². The molecule has 3 aromatic rings. The summed E-state index contributed by atoms with van der Waals surface area (Å²) >= 11 is 0. The SMILES string of the molecule is CC1=C2[C@@H](C)C(=O)[C@]3(C)[C@@H](O)C[C@]4(C)OC[C@@]4(C)[C@H]3[C@H](OC(=O)c3ccccc3)[C@](O)(C[C@@H]1OC(=O)[C@H](OC(=O)CCC(=O)O)[C@H](NC(=O)c1ccccc1)c1ccccc1)C2(C)C. The van der Waals surface area contributed by atoms with Crippen molar-refractivity contribution in [2.45, 2.75) is 116 Å². The fraction of sp³-hybridized carbons (Fsp3) is 0.480. The van der Waals surface area contributed by atoms with Crippen LogP contribution in [-0.2, 0) is 38.1 Å². The van der Waals surface area contributed by atoms with Crippen molar-refractivity contribution in [3.8, 4) is 0 Å². The Labute approximate surface area is 372 Å². The van der Waals surface area contributed by atoms with Crippen molar-refractivity contribution in [2.75, 3.05) is 6.61 Å². The number of hydrogen-bond acceptors (Lipinski definition) is 12. The van der Waals surface area contributed by atoms with E-state index < -0.39 is 112 Å². The fourth-order valence-corrected chi connectivity index (χ4v) is 11.2. The van der Waals surface area contributed by atoms with E-state index in [4.69, 9.17) is 18.9 Å². The van der Waals surface area contributed by atoms with Crippen molar-refractivity contribution in [1.82, 2.24) is 5.32 Å². The number of aliphatic carboxylic acids is 1. The molecular formula is C50H57NO13. The molecule has 0 spiro atoms. The third kappa shape index (κ3) is 7.62. The number of aliphatic hydroxyl groups excluding tert-OH is 1. The maximum atomic E-state index is 15.4. The van der Waals surface area contributed by atoms with Crippen LogP contribution < -0.4 is 5.32 Å². The predicted octanol–water partition coefficient (Wildman–Crippen LogP) is 5.95. The second kappa shape index (κ2) is 17.0. The lowest BCUT2D eigenvalue weighted by molar-refractivity contribution is -0.353. The summed E-state index contributed by atoms with van der Waals surface area (Å²) in [6, 6.07) is 23.3. The van der Waals surface area contributed by atoms with Gasteiger partial charge in [-0.05, 0) is 61.7 Å². The van der Waals surface area contributed by atoms with E-state index in [9.17, 15) is 39.3 Å². The van der Waals surface area contributed by atoms with E-state index in [1.54, 1.807) is 126 Å². The van der Waals surface area contributed by atoms with Gasteiger partial charge in [0.05, 0.1) is 42.1 Å². The molecule has 1 saturated heterocycles. The smallest absolute Gasteiger partial charge is 0.350 e. The molecule has 3 aromatic carbocycles. The molecular weight excluding hydrogens is 823 g/mol. The van der Waals surface area contributed by atoms with Crippen molar-refractivity contribution >= 4 is 35.6 Å². The molecule has 0 radical (unpaired) electrons. The van der Waals surface area contributed by atoms with Gasteiger partial charge in [-0.2, -0.15) is 0 Å². The number of Topliss-reactive ketones (excluding diaryl/α,β-unsaturated/α-hetero) is 1. The first-order valence-corrected chi connectivity index (χ1v) is 21.7. The molecule has 2 bridgehead atoms. The minimum Gasteiger partial charge on any atom is -0.481 e. The molecule has 1 aliphatic heterocycles. The summed E-state index contributed by atoms with van der Waals surface area (Å²) in [6.45, 7) is 12.5. The van der Waals surface area contributed by atoms with Crippen molar-refractivity contribution in [3.63, 3.8) is 0 Å². The zero-order valence-electron chi connectivity index (χ0n) is 37.2. The number of carboxylic acid groups (broad SMARTS) is 1. The monoisotopic (exact) mass is 879 g/mol. The molecule has 3 aliphatic carbocycles. The van der Waals surface area contributed by atoms with Gasteiger partial charge in [-0.15, -0.1) is 0 Å². The van der Waals surface area contributed by atoms with Crippen LogP contribution in [0.25, 0.3) is 0 Å².